The Kier molecular flexibility index (Phi) is 8.63. The van der Waals surface area contributed by atoms with Gasteiger partial charge in [-0.05, 0) is 129 Å². The van der Waals surface area contributed by atoms with Gasteiger partial charge in [-0.3, -0.25) is 0 Å². The first-order valence-corrected chi connectivity index (χ1v) is 19.0. The molecule has 6 aromatic carbocycles. The van der Waals surface area contributed by atoms with Gasteiger partial charge in [0.2, 0.25) is 0 Å². The summed E-state index contributed by atoms with van der Waals surface area (Å²) in [6.45, 7) is 7.64. The Morgan fingerprint density at radius 1 is 0.824 bits per heavy atom. The number of nitrogens with zero attached hydrogens (tertiary/aromatic N) is 2. The molecule has 6 heteroatoms. The second kappa shape index (κ2) is 13.4. The summed E-state index contributed by atoms with van der Waals surface area (Å²) in [6, 6.07) is 41.4. The first-order chi connectivity index (χ1) is 24.8. The molecule has 1 aliphatic heterocycles. The average molecular weight is 701 g/mol. The van der Waals surface area contributed by atoms with E-state index in [4.69, 9.17) is 0 Å². The van der Waals surface area contributed by atoms with Crippen molar-refractivity contribution >= 4 is 78.1 Å². The van der Waals surface area contributed by atoms with Crippen LogP contribution in [0.25, 0.3) is 59.3 Å². The predicted molar refractivity (Wildman–Crippen MR) is 216 cm³/mol. The van der Waals surface area contributed by atoms with Gasteiger partial charge in [-0.2, -0.15) is 5.26 Å². The Bertz CT molecular complexity index is 2590. The first-order valence-electron chi connectivity index (χ1n) is 17.3. The molecule has 0 unspecified atom stereocenters. The van der Waals surface area contributed by atoms with Crippen LogP contribution in [0.15, 0.2) is 120 Å². The zero-order valence-electron chi connectivity index (χ0n) is 28.7. The molecule has 7 aromatic rings. The molecule has 0 radical (unpaired) electrons. The molecule has 8 rings (SSSR count). The third kappa shape index (κ3) is 6.18. The Labute approximate surface area is 306 Å². The predicted octanol–water partition coefficient (Wildman–Crippen LogP) is 12.3. The standard InChI is InChI=1S/C45H36N2O2S2/c1-4-47-40-8-6-5-7-30(40)12-15-34-21-32(17-18-41(34)47)31-13-14-33-25-42-39(24-37(33)22-31)44(50-27(2)3)43(51-42)35-16-11-29-10-9-28(19-36(29)23-35)20-38(26-46)45(48)49/h5-11,13-14,16-25,27H,4,12,15H2,1-3H3,(H,48,49)/b38-20+. The Hall–Kier alpha value is -5.35. The Balaban J connectivity index is 1.20. The van der Waals surface area contributed by atoms with Crippen molar-refractivity contribution in [1.82, 2.24) is 0 Å². The van der Waals surface area contributed by atoms with Crippen molar-refractivity contribution in [1.29, 1.82) is 5.26 Å². The second-order valence-electron chi connectivity index (χ2n) is 13.4. The van der Waals surface area contributed by atoms with E-state index in [0.717, 1.165) is 35.7 Å². The number of anilines is 2. The third-order valence-electron chi connectivity index (χ3n) is 9.71. The monoisotopic (exact) mass is 700 g/mol. The zero-order chi connectivity index (χ0) is 35.2. The number of thiophene rings is 1. The van der Waals surface area contributed by atoms with Gasteiger partial charge in [0.05, 0.1) is 0 Å². The van der Waals surface area contributed by atoms with Crippen LogP contribution in [-0.2, 0) is 17.6 Å². The minimum atomic E-state index is -1.22. The molecule has 0 spiro atoms. The van der Waals surface area contributed by atoms with Gasteiger partial charge in [0.15, 0.2) is 0 Å². The molecule has 4 nitrogen and oxygen atoms in total. The largest absolute Gasteiger partial charge is 0.477 e. The Morgan fingerprint density at radius 3 is 2.31 bits per heavy atom. The van der Waals surface area contributed by atoms with Crippen molar-refractivity contribution in [2.45, 2.75) is 43.8 Å². The maximum absolute atomic E-state index is 11.5. The molecule has 0 fully saturated rings. The number of benzene rings is 6. The fourth-order valence-corrected chi connectivity index (χ4v) is 9.75. The van der Waals surface area contributed by atoms with Crippen molar-refractivity contribution < 1.29 is 9.90 Å². The van der Waals surface area contributed by atoms with E-state index in [1.54, 1.807) is 6.07 Å². The molecule has 1 N–H and O–H groups in total. The lowest BCUT2D eigenvalue weighted by molar-refractivity contribution is -0.132. The molecule has 1 aromatic heterocycles. The van der Waals surface area contributed by atoms with Gasteiger partial charge in [-0.25, -0.2) is 4.79 Å². The van der Waals surface area contributed by atoms with Crippen LogP contribution < -0.4 is 4.90 Å². The SMILES string of the molecule is CCN1c2ccccc2CCc2cc(-c3ccc4cc5sc(-c6ccc7ccc(/C=C(\C#N)C(=O)O)cc7c6)c(SC(C)C)c5cc4c3)ccc21. The van der Waals surface area contributed by atoms with Crippen molar-refractivity contribution in [2.75, 3.05) is 11.4 Å². The van der Waals surface area contributed by atoms with Crippen LogP contribution in [0.5, 0.6) is 0 Å². The van der Waals surface area contributed by atoms with Crippen LogP contribution >= 0.6 is 23.1 Å². The highest BCUT2D eigenvalue weighted by Gasteiger charge is 2.21. The number of carboxylic acid groups (broad SMARTS) is 1. The molecule has 1 aliphatic rings. The maximum atomic E-state index is 11.5. The van der Waals surface area contributed by atoms with E-state index in [9.17, 15) is 15.2 Å². The molecule has 0 saturated heterocycles. The lowest BCUT2D eigenvalue weighted by Crippen LogP contribution is -2.17. The number of rotatable bonds is 7. The van der Waals surface area contributed by atoms with E-state index >= 15 is 0 Å². The van der Waals surface area contributed by atoms with E-state index in [0.29, 0.717) is 10.8 Å². The van der Waals surface area contributed by atoms with Crippen LogP contribution in [0.1, 0.15) is 37.5 Å². The maximum Gasteiger partial charge on any atom is 0.346 e. The number of aryl methyl sites for hydroxylation is 2. The number of thioether (sulfide) groups is 1. The molecular weight excluding hydrogens is 665 g/mol. The molecule has 0 bridgehead atoms. The normalized spacial score (nSPS) is 13.0. The molecule has 0 atom stereocenters. The van der Waals surface area contributed by atoms with E-state index < -0.39 is 5.97 Å². The third-order valence-corrected chi connectivity index (χ3v) is 12.2. The summed E-state index contributed by atoms with van der Waals surface area (Å²) in [7, 11) is 0. The number of hydrogen-bond donors (Lipinski definition) is 1. The van der Waals surface area contributed by atoms with Gasteiger partial charge in [0.1, 0.15) is 11.6 Å². The van der Waals surface area contributed by atoms with Gasteiger partial charge in [0.25, 0.3) is 0 Å². The lowest BCUT2D eigenvalue weighted by Gasteiger charge is -2.25. The fraction of sp³-hybridized carbons (Fsp3) is 0.156. The van der Waals surface area contributed by atoms with E-state index in [2.05, 4.69) is 117 Å². The highest BCUT2D eigenvalue weighted by Crippen LogP contribution is 2.47. The summed E-state index contributed by atoms with van der Waals surface area (Å²) in [5.41, 5.74) is 9.45. The zero-order valence-corrected chi connectivity index (χ0v) is 30.4. The van der Waals surface area contributed by atoms with Crippen molar-refractivity contribution in [3.8, 4) is 27.6 Å². The fourth-order valence-electron chi connectivity index (χ4n) is 7.30. The average Bonchev–Trinajstić information content (AvgIpc) is 3.38. The van der Waals surface area contributed by atoms with Crippen LogP contribution in [0.2, 0.25) is 0 Å². The van der Waals surface area contributed by atoms with Crippen LogP contribution in [-0.4, -0.2) is 22.9 Å². The molecular formula is C45H36N2O2S2. The lowest BCUT2D eigenvalue weighted by atomic mass is 9.96. The second-order valence-corrected chi connectivity index (χ2v) is 16.0. The van der Waals surface area contributed by atoms with E-state index in [-0.39, 0.29) is 5.57 Å². The summed E-state index contributed by atoms with van der Waals surface area (Å²) in [5.74, 6) is -1.22. The molecule has 0 amide bonds. The molecule has 0 saturated carbocycles. The number of fused-ring (bicyclic) bond motifs is 5. The number of aliphatic carboxylic acids is 1. The van der Waals surface area contributed by atoms with Crippen LogP contribution in [0.4, 0.5) is 11.4 Å². The summed E-state index contributed by atoms with van der Waals surface area (Å²) >= 11 is 3.72. The van der Waals surface area contributed by atoms with Gasteiger partial charge in [0, 0.05) is 43.0 Å². The minimum Gasteiger partial charge on any atom is -0.477 e. The summed E-state index contributed by atoms with van der Waals surface area (Å²) in [6.07, 6.45) is 3.49. The number of para-hydroxylation sites is 1. The smallest absolute Gasteiger partial charge is 0.346 e. The number of carbonyl (C=O) groups is 1. The highest BCUT2D eigenvalue weighted by atomic mass is 32.2. The number of nitriles is 1. The topological polar surface area (TPSA) is 64.3 Å². The summed E-state index contributed by atoms with van der Waals surface area (Å²) < 4.78 is 1.26. The first kappa shape index (κ1) is 32.8. The van der Waals surface area contributed by atoms with E-state index in [1.807, 2.05) is 41.3 Å². The summed E-state index contributed by atoms with van der Waals surface area (Å²) in [5, 5.41) is 24.8. The van der Waals surface area contributed by atoms with Gasteiger partial charge < -0.3 is 10.0 Å². The van der Waals surface area contributed by atoms with Crippen LogP contribution in [0, 0.1) is 11.3 Å². The number of carboxylic acids is 1. The van der Waals surface area contributed by atoms with Crippen molar-refractivity contribution in [3.63, 3.8) is 0 Å². The van der Waals surface area contributed by atoms with Crippen molar-refractivity contribution in [2.24, 2.45) is 0 Å². The molecule has 0 aliphatic carbocycles. The summed E-state index contributed by atoms with van der Waals surface area (Å²) in [4.78, 5) is 16.4. The highest BCUT2D eigenvalue weighted by molar-refractivity contribution is 8.00. The molecule has 250 valence electrons. The Morgan fingerprint density at radius 2 is 1.51 bits per heavy atom. The quantitative estimate of drug-likeness (QED) is 0.102. The van der Waals surface area contributed by atoms with Gasteiger partial charge >= 0.3 is 5.97 Å². The van der Waals surface area contributed by atoms with E-state index in [1.165, 1.54) is 70.3 Å². The molecule has 2 heterocycles. The molecule has 51 heavy (non-hydrogen) atoms. The van der Waals surface area contributed by atoms with Crippen molar-refractivity contribution in [3.05, 3.63) is 131 Å². The van der Waals surface area contributed by atoms with Crippen LogP contribution in [0.3, 0.4) is 0 Å². The van der Waals surface area contributed by atoms with Gasteiger partial charge in [-0.1, -0.05) is 74.5 Å². The van der Waals surface area contributed by atoms with Gasteiger partial charge in [-0.15, -0.1) is 23.1 Å². The number of hydrogen-bond acceptors (Lipinski definition) is 5. The minimum absolute atomic E-state index is 0.281.